The summed E-state index contributed by atoms with van der Waals surface area (Å²) in [5, 5.41) is 0. The van der Waals surface area contributed by atoms with Gasteiger partial charge in [-0.25, -0.2) is 4.99 Å². The second-order valence-electron chi connectivity index (χ2n) is 1.17. The molecule has 0 rings (SSSR count). The van der Waals surface area contributed by atoms with Crippen LogP contribution in [0.3, 0.4) is 0 Å². The van der Waals surface area contributed by atoms with Crippen LogP contribution in [0.5, 0.6) is 0 Å². The van der Waals surface area contributed by atoms with Crippen LogP contribution in [-0.4, -0.2) is 6.34 Å². The zero-order chi connectivity index (χ0) is 5.70. The maximum absolute atomic E-state index is 5.17. The van der Waals surface area contributed by atoms with E-state index < -0.39 is 0 Å². The van der Waals surface area contributed by atoms with Crippen molar-refractivity contribution in [1.82, 2.24) is 0 Å². The Bertz CT molecular complexity index is 89.1. The van der Waals surface area contributed by atoms with Crippen molar-refractivity contribution in [3.05, 3.63) is 11.9 Å². The lowest BCUT2D eigenvalue weighted by molar-refractivity contribution is 1.27. The summed E-state index contributed by atoms with van der Waals surface area (Å²) in [4.78, 5) is 3.54. The van der Waals surface area contributed by atoms with E-state index in [9.17, 15) is 0 Å². The van der Waals surface area contributed by atoms with Crippen LogP contribution in [0.15, 0.2) is 16.9 Å². The normalized spacial score (nSPS) is 13.0. The fraction of sp³-hybridized carbons (Fsp3) is 0.250. The molecule has 0 amide bonds. The average Bonchev–Trinajstić information content (AvgIpc) is 1.61. The highest BCUT2D eigenvalue weighted by Gasteiger charge is 1.66. The van der Waals surface area contributed by atoms with Crippen molar-refractivity contribution in [3.8, 4) is 0 Å². The van der Waals surface area contributed by atoms with E-state index >= 15 is 0 Å². The van der Waals surface area contributed by atoms with Gasteiger partial charge in [0.2, 0.25) is 0 Å². The Labute approximate surface area is 42.7 Å². The van der Waals surface area contributed by atoms with Crippen LogP contribution in [0.4, 0.5) is 0 Å². The summed E-state index contributed by atoms with van der Waals surface area (Å²) in [6.07, 6.45) is 2.68. The van der Waals surface area contributed by atoms with Crippen LogP contribution in [0.25, 0.3) is 0 Å². The van der Waals surface area contributed by atoms with Gasteiger partial charge < -0.3 is 11.5 Å². The molecule has 0 atom stereocenters. The minimum atomic E-state index is 0.654. The van der Waals surface area contributed by atoms with Gasteiger partial charge in [-0.2, -0.15) is 0 Å². The second-order valence-corrected chi connectivity index (χ2v) is 1.17. The molecule has 4 N–H and O–H groups in total. The smallest absolute Gasteiger partial charge is 0.0853 e. The van der Waals surface area contributed by atoms with Crippen molar-refractivity contribution < 1.29 is 0 Å². The monoisotopic (exact) mass is 99.1 g/mol. The number of hydrogen-bond donors (Lipinski definition) is 2. The van der Waals surface area contributed by atoms with Crippen LogP contribution < -0.4 is 11.5 Å². The van der Waals surface area contributed by atoms with Crippen LogP contribution in [0.2, 0.25) is 0 Å². The van der Waals surface area contributed by atoms with Gasteiger partial charge in [0, 0.05) is 11.9 Å². The zero-order valence-electron chi connectivity index (χ0n) is 4.26. The average molecular weight is 99.1 g/mol. The fourth-order valence-electron chi connectivity index (χ4n) is 0.161. The lowest BCUT2D eigenvalue weighted by Crippen LogP contribution is -1.90. The van der Waals surface area contributed by atoms with Gasteiger partial charge in [-0.05, 0) is 6.92 Å². The zero-order valence-corrected chi connectivity index (χ0v) is 4.26. The molecular weight excluding hydrogens is 90.1 g/mol. The van der Waals surface area contributed by atoms with Crippen molar-refractivity contribution in [2.75, 3.05) is 0 Å². The molecule has 0 heterocycles. The summed E-state index contributed by atoms with van der Waals surface area (Å²) < 4.78 is 0. The third-order valence-corrected chi connectivity index (χ3v) is 0.364. The first kappa shape index (κ1) is 6.01. The van der Waals surface area contributed by atoms with Gasteiger partial charge >= 0.3 is 0 Å². The number of hydrogen-bond acceptors (Lipinski definition) is 2. The van der Waals surface area contributed by atoms with Gasteiger partial charge in [0.05, 0.1) is 6.34 Å². The van der Waals surface area contributed by atoms with Gasteiger partial charge in [0.1, 0.15) is 0 Å². The number of aliphatic imine (C=N–C) groups is 1. The molecule has 7 heavy (non-hydrogen) atoms. The van der Waals surface area contributed by atoms with Crippen LogP contribution >= 0.6 is 0 Å². The highest BCUT2D eigenvalue weighted by atomic mass is 14.8. The summed E-state index contributed by atoms with van der Waals surface area (Å²) in [7, 11) is 0. The molecule has 0 aromatic rings. The maximum Gasteiger partial charge on any atom is 0.0853 e. The third kappa shape index (κ3) is 5.01. The molecule has 0 saturated heterocycles. The molecule has 0 unspecified atom stereocenters. The molecule has 40 valence electrons. The van der Waals surface area contributed by atoms with Crippen molar-refractivity contribution in [2.45, 2.75) is 6.92 Å². The Hall–Kier alpha value is -0.990. The Morgan fingerprint density at radius 3 is 2.43 bits per heavy atom. The largest absolute Gasteiger partial charge is 0.401 e. The molecule has 0 bridgehead atoms. The van der Waals surface area contributed by atoms with Crippen molar-refractivity contribution in [3.63, 3.8) is 0 Å². The molecule has 0 radical (unpaired) electrons. The second kappa shape index (κ2) is 3.21. The van der Waals surface area contributed by atoms with Gasteiger partial charge in [-0.15, -0.1) is 0 Å². The lowest BCUT2D eigenvalue weighted by atomic mass is 10.6. The molecule has 0 aliphatic carbocycles. The molecule has 0 aromatic carbocycles. The molecule has 0 fully saturated rings. The van der Waals surface area contributed by atoms with Crippen LogP contribution in [0, 0.1) is 0 Å². The fourth-order valence-corrected chi connectivity index (χ4v) is 0.161. The summed E-state index contributed by atoms with van der Waals surface area (Å²) in [6.45, 7) is 1.74. The van der Waals surface area contributed by atoms with E-state index in [1.807, 2.05) is 0 Å². The minimum absolute atomic E-state index is 0.654. The third-order valence-electron chi connectivity index (χ3n) is 0.364. The first-order valence-electron chi connectivity index (χ1n) is 1.93. The van der Waals surface area contributed by atoms with E-state index in [1.165, 1.54) is 12.5 Å². The van der Waals surface area contributed by atoms with E-state index in [1.54, 1.807) is 6.92 Å². The van der Waals surface area contributed by atoms with Gasteiger partial charge in [0.15, 0.2) is 0 Å². The minimum Gasteiger partial charge on any atom is -0.401 e. The Morgan fingerprint density at radius 1 is 1.71 bits per heavy atom. The summed E-state index contributed by atoms with van der Waals surface area (Å²) in [5.41, 5.74) is 10.7. The Balaban J connectivity index is 3.46. The van der Waals surface area contributed by atoms with Crippen molar-refractivity contribution in [2.24, 2.45) is 16.5 Å². The lowest BCUT2D eigenvalue weighted by Gasteiger charge is -1.79. The molecule has 0 aromatic heterocycles. The van der Waals surface area contributed by atoms with Crippen LogP contribution in [0.1, 0.15) is 6.92 Å². The Morgan fingerprint density at radius 2 is 2.29 bits per heavy atom. The molecule has 0 aliphatic rings. The van der Waals surface area contributed by atoms with Gasteiger partial charge in [0.25, 0.3) is 0 Å². The standard InChI is InChI=1S/C4H9N3/c1-4(6)2-7-3-5/h2-3H,6H2,1H3,(H2,5,7). The molecule has 3 heteroatoms. The highest BCUT2D eigenvalue weighted by Crippen LogP contribution is 1.76. The van der Waals surface area contributed by atoms with Crippen LogP contribution in [-0.2, 0) is 0 Å². The van der Waals surface area contributed by atoms with Gasteiger partial charge in [-0.3, -0.25) is 0 Å². The predicted molar refractivity (Wildman–Crippen MR) is 30.6 cm³/mol. The maximum atomic E-state index is 5.17. The summed E-state index contributed by atoms with van der Waals surface area (Å²) in [5.74, 6) is 0. The van der Waals surface area contributed by atoms with E-state index in [0.717, 1.165) is 0 Å². The number of nitrogens with zero attached hydrogens (tertiary/aromatic N) is 1. The molecule has 0 aliphatic heterocycles. The Kier molecular flexibility index (Phi) is 2.76. The predicted octanol–water partition coefficient (Wildman–Crippen LogP) is -0.207. The first-order valence-corrected chi connectivity index (χ1v) is 1.93. The van der Waals surface area contributed by atoms with E-state index in [-0.39, 0.29) is 0 Å². The molecule has 0 spiro atoms. The highest BCUT2D eigenvalue weighted by molar-refractivity contribution is 5.52. The first-order chi connectivity index (χ1) is 3.27. The number of nitrogens with two attached hydrogens (primary N) is 2. The summed E-state index contributed by atoms with van der Waals surface area (Å²) >= 11 is 0. The van der Waals surface area contributed by atoms with E-state index in [4.69, 9.17) is 11.5 Å². The van der Waals surface area contributed by atoms with Crippen molar-refractivity contribution in [1.29, 1.82) is 0 Å². The number of allylic oxidation sites excluding steroid dienone is 1. The molecule has 0 saturated carbocycles. The topological polar surface area (TPSA) is 64.4 Å². The summed E-state index contributed by atoms with van der Waals surface area (Å²) in [6, 6.07) is 0. The van der Waals surface area contributed by atoms with E-state index in [0.29, 0.717) is 5.70 Å². The van der Waals surface area contributed by atoms with E-state index in [2.05, 4.69) is 4.99 Å². The van der Waals surface area contributed by atoms with Gasteiger partial charge in [-0.1, -0.05) is 0 Å². The number of rotatable bonds is 1. The molecule has 3 nitrogen and oxygen atoms in total. The quantitative estimate of drug-likeness (QED) is 0.353. The van der Waals surface area contributed by atoms with Crippen molar-refractivity contribution >= 4 is 6.34 Å². The SMILES string of the molecule is CC(N)=CN=CN. The molecular formula is C4H9N3.